The van der Waals surface area contributed by atoms with Gasteiger partial charge in [-0.1, -0.05) is 31.9 Å². The van der Waals surface area contributed by atoms with Crippen molar-refractivity contribution < 1.29 is 19.6 Å². The maximum Gasteiger partial charge on any atom is 0.407 e. The van der Waals surface area contributed by atoms with Gasteiger partial charge in [-0.3, -0.25) is 10.1 Å². The summed E-state index contributed by atoms with van der Waals surface area (Å²) < 4.78 is 4.58. The van der Waals surface area contributed by atoms with E-state index in [-0.39, 0.29) is 5.69 Å². The van der Waals surface area contributed by atoms with Crippen LogP contribution in [0.2, 0.25) is 0 Å². The number of ether oxygens (including phenoxy) is 1. The van der Waals surface area contributed by atoms with Gasteiger partial charge in [0.25, 0.3) is 5.69 Å². The van der Waals surface area contributed by atoms with E-state index < -0.39 is 23.2 Å². The van der Waals surface area contributed by atoms with Crippen LogP contribution in [0.4, 0.5) is 10.5 Å². The number of nitro groups is 1. The predicted octanol–water partition coefficient (Wildman–Crippen LogP) is 3.49. The number of amides is 1. The van der Waals surface area contributed by atoms with Gasteiger partial charge in [0.2, 0.25) is 0 Å². The van der Waals surface area contributed by atoms with E-state index in [9.17, 15) is 20.0 Å². The first kappa shape index (κ1) is 19.6. The number of alkyl carbamates (subject to hydrolysis) is 1. The highest BCUT2D eigenvalue weighted by Crippen LogP contribution is 2.21. The van der Waals surface area contributed by atoms with E-state index in [0.717, 1.165) is 25.7 Å². The first-order valence-electron chi connectivity index (χ1n) is 7.93. The van der Waals surface area contributed by atoms with E-state index in [4.69, 9.17) is 0 Å². The summed E-state index contributed by atoms with van der Waals surface area (Å²) in [6.07, 6.45) is 6.05. The molecule has 1 aromatic rings. The number of unbranched alkanes of at least 4 members (excludes halogenated alkanes) is 3. The van der Waals surface area contributed by atoms with Crippen LogP contribution in [0.3, 0.4) is 0 Å². The molecule has 0 aliphatic heterocycles. The van der Waals surface area contributed by atoms with Crippen molar-refractivity contribution in [3.05, 3.63) is 52.1 Å². The van der Waals surface area contributed by atoms with Crippen LogP contribution in [0.25, 0.3) is 0 Å². The van der Waals surface area contributed by atoms with Crippen LogP contribution in [0, 0.1) is 10.1 Å². The first-order chi connectivity index (χ1) is 11.5. The number of methoxy groups -OCH3 is 1. The lowest BCUT2D eigenvalue weighted by molar-refractivity contribution is -0.384. The Morgan fingerprint density at radius 2 is 2.04 bits per heavy atom. The molecule has 0 spiro atoms. The number of benzene rings is 1. The van der Waals surface area contributed by atoms with Gasteiger partial charge >= 0.3 is 6.09 Å². The Morgan fingerprint density at radius 1 is 1.38 bits per heavy atom. The summed E-state index contributed by atoms with van der Waals surface area (Å²) in [5.41, 5.74) is 0.416. The number of aliphatic hydroxyl groups excluding tert-OH is 1. The van der Waals surface area contributed by atoms with Crippen LogP contribution in [0.1, 0.15) is 44.3 Å². The van der Waals surface area contributed by atoms with Crippen LogP contribution in [-0.2, 0) is 4.74 Å². The fourth-order valence-corrected chi connectivity index (χ4v) is 2.18. The Balaban J connectivity index is 2.82. The highest BCUT2D eigenvalue weighted by molar-refractivity contribution is 5.67. The standard InChI is InChI=1S/C17H24N2O5/c1-3-4-5-6-7-8-15(18-17(21)24-2)16(20)13-9-11-14(12-10-13)19(22)23/h7-12,15-16,20H,3-6H2,1-2H3,(H,18,21)/b8-7-/t15-,16+/m1/s1. The Hall–Kier alpha value is -2.41. The topological polar surface area (TPSA) is 102 Å². The molecule has 0 heterocycles. The molecule has 0 aromatic heterocycles. The second-order valence-corrected chi connectivity index (χ2v) is 5.38. The number of hydrogen-bond donors (Lipinski definition) is 2. The average molecular weight is 336 g/mol. The van der Waals surface area contributed by atoms with Gasteiger partial charge in [-0.25, -0.2) is 4.79 Å². The smallest absolute Gasteiger partial charge is 0.407 e. The van der Waals surface area contributed by atoms with Gasteiger partial charge in [-0.2, -0.15) is 0 Å². The Bertz CT molecular complexity index is 557. The minimum Gasteiger partial charge on any atom is -0.453 e. The van der Waals surface area contributed by atoms with Crippen molar-refractivity contribution in [1.82, 2.24) is 5.32 Å². The van der Waals surface area contributed by atoms with Gasteiger partial charge < -0.3 is 15.2 Å². The molecule has 0 saturated heterocycles. The van der Waals surface area contributed by atoms with Gasteiger partial charge in [-0.15, -0.1) is 0 Å². The average Bonchev–Trinajstić information content (AvgIpc) is 2.59. The van der Waals surface area contributed by atoms with Crippen molar-refractivity contribution in [2.24, 2.45) is 0 Å². The molecule has 0 unspecified atom stereocenters. The van der Waals surface area contributed by atoms with Crippen molar-refractivity contribution in [3.8, 4) is 0 Å². The van der Waals surface area contributed by atoms with Crippen molar-refractivity contribution in [2.45, 2.75) is 44.8 Å². The van der Waals surface area contributed by atoms with E-state index in [1.165, 1.54) is 31.4 Å². The molecule has 7 heteroatoms. The van der Waals surface area contributed by atoms with Crippen molar-refractivity contribution in [2.75, 3.05) is 7.11 Å². The molecule has 132 valence electrons. The van der Waals surface area contributed by atoms with Crippen LogP contribution >= 0.6 is 0 Å². The van der Waals surface area contributed by atoms with Crippen molar-refractivity contribution >= 4 is 11.8 Å². The van der Waals surface area contributed by atoms with Gasteiger partial charge in [0.1, 0.15) is 6.10 Å². The van der Waals surface area contributed by atoms with E-state index >= 15 is 0 Å². The minimum atomic E-state index is -1.03. The fraction of sp³-hybridized carbons (Fsp3) is 0.471. The largest absolute Gasteiger partial charge is 0.453 e. The Kier molecular flexibility index (Phi) is 8.49. The molecule has 2 N–H and O–H groups in total. The fourth-order valence-electron chi connectivity index (χ4n) is 2.18. The molecule has 0 fully saturated rings. The SMILES string of the molecule is CCCCC/C=C\[C@@H](NC(=O)OC)[C@@H](O)c1ccc([N+](=O)[O-])cc1. The van der Waals surface area contributed by atoms with Crippen LogP contribution in [-0.4, -0.2) is 29.3 Å². The maximum atomic E-state index is 11.5. The van der Waals surface area contributed by atoms with E-state index in [0.29, 0.717) is 5.56 Å². The minimum absolute atomic E-state index is 0.0569. The number of non-ortho nitro benzene ring substituents is 1. The van der Waals surface area contributed by atoms with Gasteiger partial charge in [0.05, 0.1) is 18.1 Å². The Morgan fingerprint density at radius 3 is 2.58 bits per heavy atom. The highest BCUT2D eigenvalue weighted by atomic mass is 16.6. The van der Waals surface area contributed by atoms with Crippen LogP contribution in [0.15, 0.2) is 36.4 Å². The zero-order valence-electron chi connectivity index (χ0n) is 14.0. The molecule has 0 radical (unpaired) electrons. The third-order valence-electron chi connectivity index (χ3n) is 3.57. The van der Waals surface area contributed by atoms with Crippen LogP contribution in [0.5, 0.6) is 0 Å². The number of carbonyl (C=O) groups is 1. The second-order valence-electron chi connectivity index (χ2n) is 5.38. The zero-order chi connectivity index (χ0) is 17.9. The third-order valence-corrected chi connectivity index (χ3v) is 3.57. The molecule has 1 amide bonds. The number of nitrogens with one attached hydrogen (secondary N) is 1. The summed E-state index contributed by atoms with van der Waals surface area (Å²) in [5.74, 6) is 0. The van der Waals surface area contributed by atoms with Gasteiger partial charge in [0.15, 0.2) is 0 Å². The maximum absolute atomic E-state index is 11.5. The van der Waals surface area contributed by atoms with E-state index in [1.807, 2.05) is 6.08 Å². The monoisotopic (exact) mass is 336 g/mol. The number of aliphatic hydroxyl groups is 1. The molecular weight excluding hydrogens is 312 g/mol. The quantitative estimate of drug-likeness (QED) is 0.311. The molecule has 7 nitrogen and oxygen atoms in total. The first-order valence-corrected chi connectivity index (χ1v) is 7.93. The lowest BCUT2D eigenvalue weighted by Gasteiger charge is -2.21. The normalized spacial score (nSPS) is 13.5. The predicted molar refractivity (Wildman–Crippen MR) is 90.7 cm³/mol. The lowest BCUT2D eigenvalue weighted by atomic mass is 10.0. The number of rotatable bonds is 9. The second kappa shape index (κ2) is 10.4. The molecule has 24 heavy (non-hydrogen) atoms. The lowest BCUT2D eigenvalue weighted by Crippen LogP contribution is -2.37. The molecule has 0 saturated carbocycles. The van der Waals surface area contributed by atoms with Crippen molar-refractivity contribution in [3.63, 3.8) is 0 Å². The van der Waals surface area contributed by atoms with E-state index in [1.54, 1.807) is 6.08 Å². The van der Waals surface area contributed by atoms with Gasteiger partial charge in [0, 0.05) is 12.1 Å². The van der Waals surface area contributed by atoms with Crippen LogP contribution < -0.4 is 5.32 Å². The molecule has 2 atom stereocenters. The summed E-state index contributed by atoms with van der Waals surface area (Å²) in [7, 11) is 1.25. The zero-order valence-corrected chi connectivity index (χ0v) is 14.0. The summed E-state index contributed by atoms with van der Waals surface area (Å²) in [5, 5.41) is 23.7. The summed E-state index contributed by atoms with van der Waals surface area (Å²) in [4.78, 5) is 21.6. The van der Waals surface area contributed by atoms with Crippen molar-refractivity contribution in [1.29, 1.82) is 0 Å². The molecule has 0 bridgehead atoms. The number of allylic oxidation sites excluding steroid dienone is 1. The van der Waals surface area contributed by atoms with Gasteiger partial charge in [-0.05, 0) is 30.5 Å². The number of hydrogen-bond acceptors (Lipinski definition) is 5. The summed E-state index contributed by atoms with van der Waals surface area (Å²) >= 11 is 0. The molecule has 0 aliphatic rings. The third kappa shape index (κ3) is 6.37. The summed E-state index contributed by atoms with van der Waals surface area (Å²) in [6.45, 7) is 2.11. The number of nitrogens with zero attached hydrogens (tertiary/aromatic N) is 1. The van der Waals surface area contributed by atoms with E-state index in [2.05, 4.69) is 17.0 Å². The molecular formula is C17H24N2O5. The molecule has 1 aromatic carbocycles. The number of nitro benzene ring substituents is 1. The molecule has 1 rings (SSSR count). The number of carbonyl (C=O) groups excluding carboxylic acids is 1. The molecule has 0 aliphatic carbocycles. The highest BCUT2D eigenvalue weighted by Gasteiger charge is 2.21. The summed E-state index contributed by atoms with van der Waals surface area (Å²) in [6, 6.07) is 4.90. The Labute approximate surface area is 141 Å².